The number of esters is 1. The van der Waals surface area contributed by atoms with Crippen molar-refractivity contribution < 1.29 is 27.5 Å². The maximum absolute atomic E-state index is 12.7. The van der Waals surface area contributed by atoms with Crippen molar-refractivity contribution in [2.45, 2.75) is 12.3 Å². The Balaban J connectivity index is 2.25. The first-order chi connectivity index (χ1) is 10.8. The molecular formula is C16H12F3NO3. The number of carbonyl (C=O) groups is 2. The molecule has 0 heterocycles. The van der Waals surface area contributed by atoms with Crippen LogP contribution in [0, 0.1) is 0 Å². The lowest BCUT2D eigenvalue weighted by molar-refractivity contribution is -0.137. The van der Waals surface area contributed by atoms with Crippen LogP contribution in [0.3, 0.4) is 0 Å². The SMILES string of the molecule is NC(=O)[C@@H](OC(=O)c1cccc(C(F)(F)F)c1)c1ccccc1. The van der Waals surface area contributed by atoms with Gasteiger partial charge < -0.3 is 10.5 Å². The molecule has 1 atom stereocenters. The van der Waals surface area contributed by atoms with E-state index in [1.807, 2.05) is 0 Å². The highest BCUT2D eigenvalue weighted by Crippen LogP contribution is 2.30. The van der Waals surface area contributed by atoms with Gasteiger partial charge in [-0.2, -0.15) is 13.2 Å². The summed E-state index contributed by atoms with van der Waals surface area (Å²) in [5.41, 5.74) is 4.23. The number of primary amides is 1. The van der Waals surface area contributed by atoms with E-state index in [2.05, 4.69) is 0 Å². The first kappa shape index (κ1) is 16.5. The highest BCUT2D eigenvalue weighted by Gasteiger charge is 2.31. The molecule has 120 valence electrons. The van der Waals surface area contributed by atoms with Crippen LogP contribution in [0.4, 0.5) is 13.2 Å². The smallest absolute Gasteiger partial charge is 0.416 e. The maximum atomic E-state index is 12.7. The molecule has 0 aliphatic heterocycles. The second kappa shape index (κ2) is 6.51. The van der Waals surface area contributed by atoms with Gasteiger partial charge in [0.25, 0.3) is 5.91 Å². The predicted molar refractivity (Wildman–Crippen MR) is 75.2 cm³/mol. The summed E-state index contributed by atoms with van der Waals surface area (Å²) >= 11 is 0. The Morgan fingerprint density at radius 2 is 1.65 bits per heavy atom. The van der Waals surface area contributed by atoms with Crippen LogP contribution in [0.2, 0.25) is 0 Å². The van der Waals surface area contributed by atoms with Crippen LogP contribution in [0.1, 0.15) is 27.6 Å². The van der Waals surface area contributed by atoms with Crippen molar-refractivity contribution in [2.75, 3.05) is 0 Å². The van der Waals surface area contributed by atoms with Crippen LogP contribution < -0.4 is 5.73 Å². The van der Waals surface area contributed by atoms with Gasteiger partial charge in [0.2, 0.25) is 6.10 Å². The molecule has 2 aromatic rings. The van der Waals surface area contributed by atoms with Gasteiger partial charge in [-0.05, 0) is 18.2 Å². The molecule has 0 aliphatic rings. The molecule has 7 heteroatoms. The largest absolute Gasteiger partial charge is 0.444 e. The van der Waals surface area contributed by atoms with Crippen molar-refractivity contribution in [2.24, 2.45) is 5.73 Å². The number of nitrogens with two attached hydrogens (primary N) is 1. The zero-order valence-electron chi connectivity index (χ0n) is 11.7. The maximum Gasteiger partial charge on any atom is 0.416 e. The van der Waals surface area contributed by atoms with E-state index in [1.165, 1.54) is 18.2 Å². The molecule has 2 N–H and O–H groups in total. The third-order valence-electron chi connectivity index (χ3n) is 3.01. The molecular weight excluding hydrogens is 311 g/mol. The fourth-order valence-electron chi connectivity index (χ4n) is 1.92. The van der Waals surface area contributed by atoms with E-state index in [0.717, 1.165) is 12.1 Å². The molecule has 2 aromatic carbocycles. The fraction of sp³-hybridized carbons (Fsp3) is 0.125. The highest BCUT2D eigenvalue weighted by atomic mass is 19.4. The minimum absolute atomic E-state index is 0.318. The molecule has 0 unspecified atom stereocenters. The van der Waals surface area contributed by atoms with E-state index < -0.39 is 29.7 Å². The van der Waals surface area contributed by atoms with Crippen molar-refractivity contribution >= 4 is 11.9 Å². The van der Waals surface area contributed by atoms with Gasteiger partial charge in [-0.25, -0.2) is 4.79 Å². The van der Waals surface area contributed by atoms with E-state index in [1.54, 1.807) is 18.2 Å². The number of rotatable bonds is 4. The lowest BCUT2D eigenvalue weighted by atomic mass is 10.1. The summed E-state index contributed by atoms with van der Waals surface area (Å²) in [5.74, 6) is -1.99. The highest BCUT2D eigenvalue weighted by molar-refractivity contribution is 5.92. The van der Waals surface area contributed by atoms with Gasteiger partial charge >= 0.3 is 12.1 Å². The minimum Gasteiger partial charge on any atom is -0.444 e. The lowest BCUT2D eigenvalue weighted by Gasteiger charge is -2.15. The third-order valence-corrected chi connectivity index (χ3v) is 3.01. The van der Waals surface area contributed by atoms with Crippen LogP contribution in [0.15, 0.2) is 54.6 Å². The van der Waals surface area contributed by atoms with Gasteiger partial charge in [-0.3, -0.25) is 4.79 Å². The van der Waals surface area contributed by atoms with Crippen LogP contribution in [0.25, 0.3) is 0 Å². The van der Waals surface area contributed by atoms with Crippen molar-refractivity contribution in [3.05, 3.63) is 71.3 Å². The summed E-state index contributed by atoms with van der Waals surface area (Å²) in [6, 6.07) is 11.7. The molecule has 0 aliphatic carbocycles. The Hall–Kier alpha value is -2.83. The van der Waals surface area contributed by atoms with E-state index in [-0.39, 0.29) is 5.56 Å². The second-order valence-corrected chi connectivity index (χ2v) is 4.68. The second-order valence-electron chi connectivity index (χ2n) is 4.68. The molecule has 0 spiro atoms. The standard InChI is InChI=1S/C16H12F3NO3/c17-16(18,19)12-8-4-7-11(9-12)15(22)23-13(14(20)21)10-5-2-1-3-6-10/h1-9,13H,(H2,20,21)/t13-/m0/s1. The van der Waals surface area contributed by atoms with Crippen molar-refractivity contribution in [3.8, 4) is 0 Å². The zero-order valence-corrected chi connectivity index (χ0v) is 11.7. The summed E-state index contributed by atoms with van der Waals surface area (Å²) < 4.78 is 43.0. The normalized spacial score (nSPS) is 12.5. The first-order valence-electron chi connectivity index (χ1n) is 6.51. The zero-order chi connectivity index (χ0) is 17.0. The average molecular weight is 323 g/mol. The molecule has 0 radical (unpaired) electrons. The van der Waals surface area contributed by atoms with Gasteiger partial charge in [-0.1, -0.05) is 36.4 Å². The Bertz CT molecular complexity index is 714. The first-order valence-corrected chi connectivity index (χ1v) is 6.51. The number of alkyl halides is 3. The van der Waals surface area contributed by atoms with Crippen LogP contribution >= 0.6 is 0 Å². The molecule has 0 saturated carbocycles. The van der Waals surface area contributed by atoms with Gasteiger partial charge in [0.1, 0.15) is 0 Å². The summed E-state index contributed by atoms with van der Waals surface area (Å²) in [5, 5.41) is 0. The number of amides is 1. The van der Waals surface area contributed by atoms with Crippen LogP contribution in [0.5, 0.6) is 0 Å². The van der Waals surface area contributed by atoms with E-state index in [9.17, 15) is 22.8 Å². The fourth-order valence-corrected chi connectivity index (χ4v) is 1.92. The molecule has 0 bridgehead atoms. The number of carbonyl (C=O) groups excluding carboxylic acids is 2. The Morgan fingerprint density at radius 3 is 2.22 bits per heavy atom. The van der Waals surface area contributed by atoms with E-state index in [0.29, 0.717) is 11.6 Å². The molecule has 23 heavy (non-hydrogen) atoms. The topological polar surface area (TPSA) is 69.4 Å². The Labute approximate surface area is 129 Å². The number of halogens is 3. The summed E-state index contributed by atoms with van der Waals surface area (Å²) in [4.78, 5) is 23.5. The van der Waals surface area contributed by atoms with Crippen molar-refractivity contribution in [3.63, 3.8) is 0 Å². The predicted octanol–water partition coefficient (Wildman–Crippen LogP) is 3.09. The average Bonchev–Trinajstić information content (AvgIpc) is 2.52. The van der Waals surface area contributed by atoms with Gasteiger partial charge in [-0.15, -0.1) is 0 Å². The van der Waals surface area contributed by atoms with Gasteiger partial charge in [0.05, 0.1) is 11.1 Å². The number of ether oxygens (including phenoxy) is 1. The summed E-state index contributed by atoms with van der Waals surface area (Å²) in [6.07, 6.45) is -5.96. The molecule has 4 nitrogen and oxygen atoms in total. The number of hydrogen-bond acceptors (Lipinski definition) is 3. The molecule has 0 saturated heterocycles. The molecule has 1 amide bonds. The minimum atomic E-state index is -4.58. The number of benzene rings is 2. The van der Waals surface area contributed by atoms with Gasteiger partial charge in [0.15, 0.2) is 0 Å². The summed E-state index contributed by atoms with van der Waals surface area (Å²) in [6.45, 7) is 0. The van der Waals surface area contributed by atoms with Crippen molar-refractivity contribution in [1.29, 1.82) is 0 Å². The van der Waals surface area contributed by atoms with Gasteiger partial charge in [0, 0.05) is 5.56 Å². The van der Waals surface area contributed by atoms with Crippen molar-refractivity contribution in [1.82, 2.24) is 0 Å². The molecule has 2 rings (SSSR count). The Morgan fingerprint density at radius 1 is 1.00 bits per heavy atom. The third kappa shape index (κ3) is 4.09. The lowest BCUT2D eigenvalue weighted by Crippen LogP contribution is -2.26. The molecule has 0 fully saturated rings. The quantitative estimate of drug-likeness (QED) is 0.879. The van der Waals surface area contributed by atoms with E-state index >= 15 is 0 Å². The Kier molecular flexibility index (Phi) is 4.68. The van der Waals surface area contributed by atoms with Crippen LogP contribution in [-0.4, -0.2) is 11.9 Å². The monoisotopic (exact) mass is 323 g/mol. The molecule has 0 aromatic heterocycles. The van der Waals surface area contributed by atoms with Crippen LogP contribution in [-0.2, 0) is 15.7 Å². The number of hydrogen-bond donors (Lipinski definition) is 1. The summed E-state index contributed by atoms with van der Waals surface area (Å²) in [7, 11) is 0. The van der Waals surface area contributed by atoms with E-state index in [4.69, 9.17) is 10.5 Å².